The van der Waals surface area contributed by atoms with E-state index in [1.54, 1.807) is 0 Å². The molecule has 0 atom stereocenters. The summed E-state index contributed by atoms with van der Waals surface area (Å²) in [4.78, 5) is 0. The molecule has 1 fully saturated rings. The fourth-order valence-electron chi connectivity index (χ4n) is 1.87. The number of hydrogen-bond acceptors (Lipinski definition) is 3. The number of rotatable bonds is 3. The summed E-state index contributed by atoms with van der Waals surface area (Å²) in [5, 5.41) is 3.50. The lowest BCUT2D eigenvalue weighted by Gasteiger charge is -2.09. The van der Waals surface area contributed by atoms with E-state index in [9.17, 15) is 0 Å². The van der Waals surface area contributed by atoms with Gasteiger partial charge in [0, 0.05) is 19.0 Å². The average Bonchev–Trinajstić information content (AvgIpc) is 3.13. The molecule has 1 aliphatic carbocycles. The van der Waals surface area contributed by atoms with Crippen molar-refractivity contribution in [2.24, 2.45) is 0 Å². The molecule has 0 unspecified atom stereocenters. The maximum absolute atomic E-state index is 5.66. The molecule has 3 heteroatoms. The van der Waals surface area contributed by atoms with Crippen molar-refractivity contribution in [3.8, 4) is 11.5 Å². The van der Waals surface area contributed by atoms with Crippen molar-refractivity contribution >= 4 is 0 Å². The third-order valence-electron chi connectivity index (χ3n) is 2.98. The van der Waals surface area contributed by atoms with E-state index in [1.807, 2.05) is 6.07 Å². The van der Waals surface area contributed by atoms with Crippen LogP contribution in [-0.4, -0.2) is 19.3 Å². The second-order valence-corrected chi connectivity index (χ2v) is 4.49. The molecule has 1 heterocycles. The predicted molar refractivity (Wildman–Crippen MR) is 61.9 cm³/mol. The van der Waals surface area contributed by atoms with Gasteiger partial charge in [0.25, 0.3) is 0 Å². The molecule has 16 heavy (non-hydrogen) atoms. The molecule has 86 valence electrons. The first-order valence-electron chi connectivity index (χ1n) is 6.04. The Bertz CT molecular complexity index is 374. The molecule has 0 amide bonds. The molecular formula is C13H17NO2. The van der Waals surface area contributed by atoms with Crippen LogP contribution in [0.2, 0.25) is 0 Å². The normalized spacial score (nSPS) is 19.2. The van der Waals surface area contributed by atoms with Gasteiger partial charge in [-0.15, -0.1) is 0 Å². The number of fused-ring (bicyclic) bond motifs is 1. The van der Waals surface area contributed by atoms with Gasteiger partial charge in [0.05, 0.1) is 13.2 Å². The van der Waals surface area contributed by atoms with Crippen LogP contribution in [0.5, 0.6) is 11.5 Å². The summed E-state index contributed by atoms with van der Waals surface area (Å²) in [5.41, 5.74) is 1.27. The molecule has 1 aliphatic heterocycles. The Balaban J connectivity index is 1.71. The summed E-state index contributed by atoms with van der Waals surface area (Å²) in [6, 6.07) is 6.97. The van der Waals surface area contributed by atoms with Crippen LogP contribution in [-0.2, 0) is 6.54 Å². The topological polar surface area (TPSA) is 30.5 Å². The summed E-state index contributed by atoms with van der Waals surface area (Å²) in [5.74, 6) is 1.78. The summed E-state index contributed by atoms with van der Waals surface area (Å²) >= 11 is 0. The molecule has 3 rings (SSSR count). The Morgan fingerprint density at radius 2 is 1.94 bits per heavy atom. The van der Waals surface area contributed by atoms with Crippen LogP contribution in [0.4, 0.5) is 0 Å². The van der Waals surface area contributed by atoms with Gasteiger partial charge >= 0.3 is 0 Å². The molecule has 0 bridgehead atoms. The fourth-order valence-corrected chi connectivity index (χ4v) is 1.87. The fraction of sp³-hybridized carbons (Fsp3) is 0.538. The zero-order valence-corrected chi connectivity index (χ0v) is 9.37. The van der Waals surface area contributed by atoms with E-state index >= 15 is 0 Å². The van der Waals surface area contributed by atoms with Crippen LogP contribution < -0.4 is 14.8 Å². The Labute approximate surface area is 95.8 Å². The van der Waals surface area contributed by atoms with E-state index in [-0.39, 0.29) is 0 Å². The Hall–Kier alpha value is -1.22. The highest BCUT2D eigenvalue weighted by molar-refractivity contribution is 5.43. The van der Waals surface area contributed by atoms with Gasteiger partial charge in [-0.2, -0.15) is 0 Å². The second-order valence-electron chi connectivity index (χ2n) is 4.49. The molecule has 0 spiro atoms. The van der Waals surface area contributed by atoms with Crippen LogP contribution >= 0.6 is 0 Å². The van der Waals surface area contributed by atoms with Crippen LogP contribution in [0.15, 0.2) is 18.2 Å². The zero-order valence-electron chi connectivity index (χ0n) is 9.37. The summed E-state index contributed by atoms with van der Waals surface area (Å²) in [6.07, 6.45) is 3.61. The lowest BCUT2D eigenvalue weighted by Crippen LogP contribution is -2.15. The van der Waals surface area contributed by atoms with Crippen molar-refractivity contribution in [1.29, 1.82) is 0 Å². The number of hydrogen-bond donors (Lipinski definition) is 1. The summed E-state index contributed by atoms with van der Waals surface area (Å²) < 4.78 is 11.3. The first-order chi connectivity index (χ1) is 7.92. The maximum atomic E-state index is 5.66. The molecule has 0 aromatic heterocycles. The van der Waals surface area contributed by atoms with E-state index in [1.165, 1.54) is 18.4 Å². The molecule has 1 N–H and O–H groups in total. The van der Waals surface area contributed by atoms with E-state index in [4.69, 9.17) is 9.47 Å². The molecule has 2 aliphatic rings. The number of benzene rings is 1. The van der Waals surface area contributed by atoms with Gasteiger partial charge in [-0.25, -0.2) is 0 Å². The third kappa shape index (κ3) is 2.30. The second kappa shape index (κ2) is 4.34. The third-order valence-corrected chi connectivity index (χ3v) is 2.98. The van der Waals surface area contributed by atoms with Gasteiger partial charge in [0.2, 0.25) is 0 Å². The van der Waals surface area contributed by atoms with Crippen LogP contribution in [0, 0.1) is 0 Å². The summed E-state index contributed by atoms with van der Waals surface area (Å²) in [6.45, 7) is 2.44. The SMILES string of the molecule is c1cc2c(cc1CNC1CC1)OCCCO2. The van der Waals surface area contributed by atoms with Crippen molar-refractivity contribution in [2.45, 2.75) is 31.8 Å². The van der Waals surface area contributed by atoms with Crippen molar-refractivity contribution in [1.82, 2.24) is 5.32 Å². The first kappa shape index (κ1) is 9.97. The first-order valence-corrected chi connectivity index (χ1v) is 6.04. The zero-order chi connectivity index (χ0) is 10.8. The van der Waals surface area contributed by atoms with Gasteiger partial charge in [-0.05, 0) is 30.5 Å². The highest BCUT2D eigenvalue weighted by Crippen LogP contribution is 2.30. The minimum atomic E-state index is 0.746. The van der Waals surface area contributed by atoms with E-state index in [2.05, 4.69) is 17.4 Å². The van der Waals surface area contributed by atoms with Crippen molar-refractivity contribution < 1.29 is 9.47 Å². The van der Waals surface area contributed by atoms with Crippen molar-refractivity contribution in [3.63, 3.8) is 0 Å². The van der Waals surface area contributed by atoms with Gasteiger partial charge in [0.1, 0.15) is 0 Å². The monoisotopic (exact) mass is 219 g/mol. The van der Waals surface area contributed by atoms with Crippen LogP contribution in [0.25, 0.3) is 0 Å². The van der Waals surface area contributed by atoms with Gasteiger partial charge in [-0.1, -0.05) is 6.07 Å². The minimum absolute atomic E-state index is 0.746. The van der Waals surface area contributed by atoms with Crippen LogP contribution in [0.1, 0.15) is 24.8 Å². The van der Waals surface area contributed by atoms with Crippen LogP contribution in [0.3, 0.4) is 0 Å². The highest BCUT2D eigenvalue weighted by atomic mass is 16.5. The number of nitrogens with one attached hydrogen (secondary N) is 1. The molecule has 0 radical (unpaired) electrons. The Morgan fingerprint density at radius 1 is 1.12 bits per heavy atom. The van der Waals surface area contributed by atoms with Crippen molar-refractivity contribution in [3.05, 3.63) is 23.8 Å². The van der Waals surface area contributed by atoms with E-state index < -0.39 is 0 Å². The molecule has 3 nitrogen and oxygen atoms in total. The molecule has 0 saturated heterocycles. The van der Waals surface area contributed by atoms with Gasteiger partial charge < -0.3 is 14.8 Å². The minimum Gasteiger partial charge on any atom is -0.490 e. The lowest BCUT2D eigenvalue weighted by molar-refractivity contribution is 0.297. The predicted octanol–water partition coefficient (Wildman–Crippen LogP) is 2.10. The molecule has 1 aromatic carbocycles. The molecule has 1 aromatic rings. The number of ether oxygens (including phenoxy) is 2. The van der Waals surface area contributed by atoms with E-state index in [0.717, 1.165) is 43.7 Å². The summed E-state index contributed by atoms with van der Waals surface area (Å²) in [7, 11) is 0. The standard InChI is InChI=1S/C13H17NO2/c1-6-15-12-5-2-10(8-13(12)16-7-1)9-14-11-3-4-11/h2,5,8,11,14H,1,3-4,6-7,9H2. The van der Waals surface area contributed by atoms with Gasteiger partial charge in [-0.3, -0.25) is 0 Å². The molecular weight excluding hydrogens is 202 g/mol. The van der Waals surface area contributed by atoms with E-state index in [0.29, 0.717) is 0 Å². The average molecular weight is 219 g/mol. The lowest BCUT2D eigenvalue weighted by atomic mass is 10.2. The Kier molecular flexibility index (Phi) is 2.70. The molecule has 1 saturated carbocycles. The largest absolute Gasteiger partial charge is 0.490 e. The maximum Gasteiger partial charge on any atom is 0.161 e. The quantitative estimate of drug-likeness (QED) is 0.844. The van der Waals surface area contributed by atoms with Gasteiger partial charge in [0.15, 0.2) is 11.5 Å². The highest BCUT2D eigenvalue weighted by Gasteiger charge is 2.20. The smallest absolute Gasteiger partial charge is 0.161 e. The Morgan fingerprint density at radius 3 is 2.75 bits per heavy atom. The van der Waals surface area contributed by atoms with Crippen molar-refractivity contribution in [2.75, 3.05) is 13.2 Å².